The van der Waals surface area contributed by atoms with Gasteiger partial charge in [0.25, 0.3) is 0 Å². The van der Waals surface area contributed by atoms with Crippen LogP contribution in [0.3, 0.4) is 0 Å². The Kier molecular flexibility index (Phi) is 3.12. The predicted molar refractivity (Wildman–Crippen MR) is 58.2 cm³/mol. The molecule has 100 valence electrons. The fourth-order valence-electron chi connectivity index (χ4n) is 2.08. The summed E-state index contributed by atoms with van der Waals surface area (Å²) < 4.78 is 61.3. The number of hydrogen-bond donors (Lipinski definition) is 2. The van der Waals surface area contributed by atoms with E-state index in [-0.39, 0.29) is 12.1 Å². The van der Waals surface area contributed by atoms with E-state index in [0.717, 1.165) is 6.07 Å². The van der Waals surface area contributed by atoms with Crippen LogP contribution in [0.2, 0.25) is 0 Å². The number of hydrogen-bond acceptors (Lipinski definition) is 3. The third-order valence-corrected chi connectivity index (χ3v) is 3.86. The van der Waals surface area contributed by atoms with Crippen LogP contribution < -0.4 is 10.5 Å². The Bertz CT molecular complexity index is 582. The van der Waals surface area contributed by atoms with Crippen LogP contribution in [-0.2, 0) is 29.2 Å². The molecule has 1 aliphatic heterocycles. The van der Waals surface area contributed by atoms with E-state index < -0.39 is 26.7 Å². The van der Waals surface area contributed by atoms with Crippen molar-refractivity contribution in [3.05, 3.63) is 28.8 Å². The molecular weight excluding hydrogens is 269 g/mol. The summed E-state index contributed by atoms with van der Waals surface area (Å²) in [7, 11) is -4.42. The molecule has 1 aromatic carbocycles. The molecule has 2 rings (SSSR count). The molecule has 0 aromatic heterocycles. The first-order valence-electron chi connectivity index (χ1n) is 5.17. The summed E-state index contributed by atoms with van der Waals surface area (Å²) in [6.45, 7) is 0.674. The van der Waals surface area contributed by atoms with Crippen LogP contribution in [0.1, 0.15) is 16.7 Å². The van der Waals surface area contributed by atoms with Gasteiger partial charge in [-0.3, -0.25) is 0 Å². The lowest BCUT2D eigenvalue weighted by molar-refractivity contribution is -0.140. The predicted octanol–water partition coefficient (Wildman–Crippen LogP) is 0.999. The summed E-state index contributed by atoms with van der Waals surface area (Å²) in [4.78, 5) is -0.806. The minimum atomic E-state index is -4.74. The number of nitrogens with one attached hydrogen (secondary N) is 1. The third-order valence-electron chi connectivity index (χ3n) is 2.82. The van der Waals surface area contributed by atoms with Crippen LogP contribution >= 0.6 is 0 Å². The number of alkyl halides is 3. The van der Waals surface area contributed by atoms with Crippen molar-refractivity contribution in [2.24, 2.45) is 5.14 Å². The number of halogens is 3. The highest BCUT2D eigenvalue weighted by Gasteiger charge is 2.38. The zero-order valence-electron chi connectivity index (χ0n) is 9.21. The molecule has 0 atom stereocenters. The minimum absolute atomic E-state index is 0.0744. The van der Waals surface area contributed by atoms with Crippen molar-refractivity contribution in [2.75, 3.05) is 6.54 Å². The summed E-state index contributed by atoms with van der Waals surface area (Å²) in [5.41, 5.74) is -0.489. The number of sulfonamides is 1. The van der Waals surface area contributed by atoms with Crippen LogP contribution in [0, 0.1) is 0 Å². The Morgan fingerprint density at radius 3 is 2.50 bits per heavy atom. The first kappa shape index (κ1) is 13.3. The van der Waals surface area contributed by atoms with E-state index in [1.54, 1.807) is 0 Å². The van der Waals surface area contributed by atoms with E-state index in [1.165, 1.54) is 6.07 Å². The van der Waals surface area contributed by atoms with E-state index >= 15 is 0 Å². The molecular formula is C10H11F3N2O2S. The zero-order valence-corrected chi connectivity index (χ0v) is 10.0. The van der Waals surface area contributed by atoms with Crippen molar-refractivity contribution in [3.63, 3.8) is 0 Å². The molecule has 1 aliphatic rings. The topological polar surface area (TPSA) is 72.2 Å². The van der Waals surface area contributed by atoms with Gasteiger partial charge in [-0.25, -0.2) is 13.6 Å². The molecule has 18 heavy (non-hydrogen) atoms. The minimum Gasteiger partial charge on any atom is -0.312 e. The highest BCUT2D eigenvalue weighted by molar-refractivity contribution is 7.89. The van der Waals surface area contributed by atoms with Crippen molar-refractivity contribution in [1.82, 2.24) is 5.32 Å². The lowest BCUT2D eigenvalue weighted by atomic mass is 9.98. The Morgan fingerprint density at radius 1 is 1.28 bits per heavy atom. The molecule has 0 unspecified atom stereocenters. The van der Waals surface area contributed by atoms with Crippen LogP contribution in [-0.4, -0.2) is 15.0 Å². The van der Waals surface area contributed by atoms with E-state index in [4.69, 9.17) is 5.14 Å². The zero-order chi connectivity index (χ0) is 13.6. The van der Waals surface area contributed by atoms with Gasteiger partial charge in [-0.2, -0.15) is 13.2 Å². The van der Waals surface area contributed by atoms with Crippen molar-refractivity contribution in [2.45, 2.75) is 24.0 Å². The summed E-state index contributed by atoms with van der Waals surface area (Å²) in [6.07, 6.45) is -4.26. The van der Waals surface area contributed by atoms with Crippen molar-refractivity contribution in [1.29, 1.82) is 0 Å². The number of fused-ring (bicyclic) bond motifs is 1. The molecule has 0 amide bonds. The average molecular weight is 280 g/mol. The second-order valence-electron chi connectivity index (χ2n) is 4.05. The van der Waals surface area contributed by atoms with Gasteiger partial charge in [0.15, 0.2) is 0 Å². The van der Waals surface area contributed by atoms with Crippen LogP contribution in [0.15, 0.2) is 17.0 Å². The van der Waals surface area contributed by atoms with Gasteiger partial charge in [-0.1, -0.05) is 6.07 Å². The van der Waals surface area contributed by atoms with Gasteiger partial charge >= 0.3 is 6.18 Å². The molecule has 0 fully saturated rings. The normalized spacial score (nSPS) is 16.4. The van der Waals surface area contributed by atoms with Crippen LogP contribution in [0.25, 0.3) is 0 Å². The quantitative estimate of drug-likeness (QED) is 0.806. The maximum Gasteiger partial charge on any atom is 0.417 e. The maximum absolute atomic E-state index is 12.8. The van der Waals surface area contributed by atoms with E-state index in [2.05, 4.69) is 5.32 Å². The molecule has 3 N–H and O–H groups in total. The van der Waals surface area contributed by atoms with Gasteiger partial charge in [0.1, 0.15) is 0 Å². The van der Waals surface area contributed by atoms with Gasteiger partial charge in [-0.05, 0) is 30.2 Å². The highest BCUT2D eigenvalue weighted by Crippen LogP contribution is 2.37. The highest BCUT2D eigenvalue weighted by atomic mass is 32.2. The molecule has 8 heteroatoms. The summed E-state index contributed by atoms with van der Waals surface area (Å²) in [5, 5.41) is 7.77. The molecule has 4 nitrogen and oxygen atoms in total. The summed E-state index contributed by atoms with van der Waals surface area (Å²) in [6, 6.07) is 2.09. The lowest BCUT2D eigenvalue weighted by Gasteiger charge is -2.22. The maximum atomic E-state index is 12.8. The van der Waals surface area contributed by atoms with Gasteiger partial charge in [0.2, 0.25) is 10.0 Å². The van der Waals surface area contributed by atoms with E-state index in [0.29, 0.717) is 18.5 Å². The number of nitrogens with two attached hydrogens (primary N) is 1. The smallest absolute Gasteiger partial charge is 0.312 e. The number of benzene rings is 1. The van der Waals surface area contributed by atoms with Crippen molar-refractivity contribution in [3.8, 4) is 0 Å². The average Bonchev–Trinajstić information content (AvgIpc) is 2.24. The standard InChI is InChI=1S/C10H11F3N2O2S/c11-10(12,13)8-2-1-6-3-4-15-5-7(6)9(8)18(14,16)17/h1-2,15H,3-5H2,(H2,14,16,17). The largest absolute Gasteiger partial charge is 0.417 e. The molecule has 1 aromatic rings. The molecule has 0 aliphatic carbocycles. The first-order chi connectivity index (χ1) is 8.21. The summed E-state index contributed by atoms with van der Waals surface area (Å²) in [5.74, 6) is 0. The number of primary sulfonamides is 1. The fraction of sp³-hybridized carbons (Fsp3) is 0.400. The van der Waals surface area contributed by atoms with Crippen molar-refractivity contribution < 1.29 is 21.6 Å². The second-order valence-corrected chi connectivity index (χ2v) is 5.55. The van der Waals surface area contributed by atoms with Crippen LogP contribution in [0.4, 0.5) is 13.2 Å². The molecule has 0 saturated carbocycles. The SMILES string of the molecule is NS(=O)(=O)c1c(C(F)(F)F)ccc2c1CNCC2. The lowest BCUT2D eigenvalue weighted by Crippen LogP contribution is -2.29. The molecule has 0 bridgehead atoms. The van der Waals surface area contributed by atoms with Crippen molar-refractivity contribution >= 4 is 10.0 Å². The fourth-order valence-corrected chi connectivity index (χ4v) is 3.12. The van der Waals surface area contributed by atoms with E-state index in [1.807, 2.05) is 0 Å². The third kappa shape index (κ3) is 2.36. The van der Waals surface area contributed by atoms with Gasteiger partial charge in [0, 0.05) is 6.54 Å². The second kappa shape index (κ2) is 4.22. The molecule has 0 spiro atoms. The van der Waals surface area contributed by atoms with Gasteiger partial charge < -0.3 is 5.32 Å². The Morgan fingerprint density at radius 2 is 1.94 bits per heavy atom. The van der Waals surface area contributed by atoms with Gasteiger partial charge in [-0.15, -0.1) is 0 Å². The Balaban J connectivity index is 2.78. The first-order valence-corrected chi connectivity index (χ1v) is 6.71. The molecule has 0 saturated heterocycles. The van der Waals surface area contributed by atoms with E-state index in [9.17, 15) is 21.6 Å². The van der Waals surface area contributed by atoms with Crippen LogP contribution in [0.5, 0.6) is 0 Å². The molecule has 0 radical (unpaired) electrons. The number of rotatable bonds is 1. The Labute approximate surface area is 102 Å². The van der Waals surface area contributed by atoms with Gasteiger partial charge in [0.05, 0.1) is 10.5 Å². The summed E-state index contributed by atoms with van der Waals surface area (Å²) >= 11 is 0. The Hall–Kier alpha value is -1.12. The monoisotopic (exact) mass is 280 g/mol. The molecule has 1 heterocycles.